The maximum absolute atomic E-state index is 6.57. The number of nitrogens with zero attached hydrogens (tertiary/aromatic N) is 4. The molecule has 0 spiro atoms. The highest BCUT2D eigenvalue weighted by Crippen LogP contribution is 2.37. The van der Waals surface area contributed by atoms with Crippen molar-refractivity contribution in [1.82, 2.24) is 19.5 Å². The Kier molecular flexibility index (Phi) is 9.43. The number of aromatic nitrogens is 4. The Morgan fingerprint density at radius 3 is 1.84 bits per heavy atom. The first-order valence-corrected chi connectivity index (χ1v) is 16.3. The van der Waals surface area contributed by atoms with Gasteiger partial charge in [0.15, 0.2) is 0 Å². The molecular weight excluding hydrogens is 562 g/mol. The Labute approximate surface area is 270 Å². The van der Waals surface area contributed by atoms with E-state index in [1.54, 1.807) is 0 Å². The van der Waals surface area contributed by atoms with Gasteiger partial charge >= 0.3 is 0 Å². The highest BCUT2D eigenvalue weighted by Gasteiger charge is 2.25. The maximum Gasteiger partial charge on any atom is 0.240 e. The summed E-state index contributed by atoms with van der Waals surface area (Å²) in [6.45, 7) is 29.5. The predicted octanol–water partition coefficient (Wildman–Crippen LogP) is 11.0. The van der Waals surface area contributed by atoms with Gasteiger partial charge in [0.2, 0.25) is 17.2 Å². The summed E-state index contributed by atoms with van der Waals surface area (Å²) >= 11 is 6.57. The molecular formula is C38H52ClN5. The molecule has 0 saturated heterocycles. The number of benzene rings is 2. The number of anilines is 1. The first-order valence-electron chi connectivity index (χ1n) is 15.9. The van der Waals surface area contributed by atoms with Gasteiger partial charge in [0.25, 0.3) is 0 Å². The first kappa shape index (κ1) is 33.7. The minimum atomic E-state index is 0.0273. The first-order chi connectivity index (χ1) is 20.4. The Hall–Kier alpha value is -3.18. The summed E-state index contributed by atoms with van der Waals surface area (Å²) in [7, 11) is 0. The van der Waals surface area contributed by atoms with Crippen molar-refractivity contribution >= 4 is 39.4 Å². The normalized spacial score (nSPS) is 14.7. The summed E-state index contributed by atoms with van der Waals surface area (Å²) in [5.41, 5.74) is 6.17. The van der Waals surface area contributed by atoms with E-state index in [1.807, 2.05) is 6.08 Å². The van der Waals surface area contributed by atoms with Gasteiger partial charge in [-0.3, -0.25) is 4.57 Å². The second-order valence-electron chi connectivity index (χ2n) is 15.7. The topological polar surface area (TPSA) is 55.6 Å². The predicted molar refractivity (Wildman–Crippen MR) is 190 cm³/mol. The highest BCUT2D eigenvalue weighted by molar-refractivity contribution is 6.28. The molecule has 4 aromatic rings. The average Bonchev–Trinajstić information content (AvgIpc) is 3.25. The Balaban J connectivity index is 1.74. The van der Waals surface area contributed by atoms with Gasteiger partial charge in [0, 0.05) is 17.3 Å². The molecule has 2 aromatic carbocycles. The number of allylic oxidation sites excluding steroid dienone is 3. The zero-order valence-electron chi connectivity index (χ0n) is 28.8. The Morgan fingerprint density at radius 2 is 1.39 bits per heavy atom. The third-order valence-corrected chi connectivity index (χ3v) is 9.19. The Bertz CT molecular complexity index is 1620. The quantitative estimate of drug-likeness (QED) is 0.191. The van der Waals surface area contributed by atoms with Gasteiger partial charge in [-0.25, -0.2) is 0 Å². The number of hydrogen-bond donors (Lipinski definition) is 1. The van der Waals surface area contributed by atoms with Crippen LogP contribution in [0.5, 0.6) is 0 Å². The molecule has 0 amide bonds. The van der Waals surface area contributed by atoms with E-state index in [0.29, 0.717) is 11.9 Å². The van der Waals surface area contributed by atoms with Crippen LogP contribution in [0.2, 0.25) is 5.28 Å². The minimum Gasteiger partial charge on any atom is -0.353 e. The van der Waals surface area contributed by atoms with Crippen LogP contribution in [0.25, 0.3) is 27.8 Å². The lowest BCUT2D eigenvalue weighted by Gasteiger charge is -2.29. The van der Waals surface area contributed by atoms with Gasteiger partial charge in [-0.05, 0) is 93.5 Å². The smallest absolute Gasteiger partial charge is 0.240 e. The van der Waals surface area contributed by atoms with Gasteiger partial charge in [-0.2, -0.15) is 15.0 Å². The Morgan fingerprint density at radius 1 is 0.841 bits per heavy atom. The summed E-state index contributed by atoms with van der Waals surface area (Å²) in [5, 5.41) is 6.06. The number of nitrogens with one attached hydrogen (secondary N) is 1. The fourth-order valence-corrected chi connectivity index (χ4v) is 5.80. The SMILES string of the molecule is C=C/C(=C\CCC(C)(CC)CNc1nc(Cl)nc(-n2c3ccc(C(C)(C)C)cc3c3cc(C(C)(C)C)ccc32)n1)C(C)(C)C. The summed E-state index contributed by atoms with van der Waals surface area (Å²) in [6, 6.07) is 13.4. The molecule has 44 heavy (non-hydrogen) atoms. The molecule has 1 atom stereocenters. The van der Waals surface area contributed by atoms with Crippen LogP contribution in [0.4, 0.5) is 5.95 Å². The third kappa shape index (κ3) is 7.37. The number of halogens is 1. The van der Waals surface area contributed by atoms with Crippen molar-refractivity contribution in [3.63, 3.8) is 0 Å². The van der Waals surface area contributed by atoms with Crippen molar-refractivity contribution in [3.05, 3.63) is 77.1 Å². The molecule has 4 rings (SSSR count). The van der Waals surface area contributed by atoms with Crippen molar-refractivity contribution < 1.29 is 0 Å². The lowest BCUT2D eigenvalue weighted by atomic mass is 9.80. The van der Waals surface area contributed by atoms with E-state index in [9.17, 15) is 0 Å². The van der Waals surface area contributed by atoms with Crippen LogP contribution < -0.4 is 5.32 Å². The third-order valence-electron chi connectivity index (χ3n) is 9.02. The van der Waals surface area contributed by atoms with Crippen LogP contribution >= 0.6 is 11.6 Å². The molecule has 0 aliphatic carbocycles. The number of rotatable bonds is 9. The van der Waals surface area contributed by atoms with E-state index >= 15 is 0 Å². The van der Waals surface area contributed by atoms with Crippen molar-refractivity contribution in [1.29, 1.82) is 0 Å². The summed E-state index contributed by atoms with van der Waals surface area (Å²) in [5.74, 6) is 1.01. The molecule has 0 saturated carbocycles. The van der Waals surface area contributed by atoms with Gasteiger partial charge in [-0.1, -0.05) is 107 Å². The second-order valence-corrected chi connectivity index (χ2v) is 16.0. The zero-order valence-corrected chi connectivity index (χ0v) is 29.6. The largest absolute Gasteiger partial charge is 0.353 e. The van der Waals surface area contributed by atoms with E-state index in [2.05, 4.69) is 145 Å². The van der Waals surface area contributed by atoms with Crippen LogP contribution in [0.3, 0.4) is 0 Å². The van der Waals surface area contributed by atoms with Crippen molar-refractivity contribution in [2.45, 2.75) is 106 Å². The summed E-state index contributed by atoms with van der Waals surface area (Å²) in [6.07, 6.45) is 7.37. The van der Waals surface area contributed by atoms with Crippen LogP contribution in [-0.2, 0) is 10.8 Å². The standard InChI is InChI=1S/C38H52ClN5/c1-13-25(35(3,4)5)16-15-21-38(12,14-2)24-40-33-41-32(39)42-34(43-33)44-30-19-17-26(36(6,7)8)22-28(30)29-23-27(37(9,10)11)18-20-31(29)44/h13,16-20,22-23H,1,14-15,21,24H2,2-12H3,(H,40,41,42,43)/b25-16+. The minimum absolute atomic E-state index is 0.0273. The molecule has 0 radical (unpaired) electrons. The molecule has 6 heteroatoms. The number of hydrogen-bond acceptors (Lipinski definition) is 4. The van der Waals surface area contributed by atoms with Gasteiger partial charge in [-0.15, -0.1) is 0 Å². The number of fused-ring (bicyclic) bond motifs is 3. The van der Waals surface area contributed by atoms with E-state index in [0.717, 1.165) is 36.8 Å². The van der Waals surface area contributed by atoms with Crippen LogP contribution in [0.15, 0.2) is 60.7 Å². The monoisotopic (exact) mass is 613 g/mol. The van der Waals surface area contributed by atoms with E-state index < -0.39 is 0 Å². The van der Waals surface area contributed by atoms with E-state index in [4.69, 9.17) is 16.6 Å². The van der Waals surface area contributed by atoms with Crippen LogP contribution in [0.1, 0.15) is 107 Å². The zero-order chi connectivity index (χ0) is 32.7. The van der Waals surface area contributed by atoms with Gasteiger partial charge in [0.05, 0.1) is 11.0 Å². The lowest BCUT2D eigenvalue weighted by molar-refractivity contribution is 0.307. The maximum atomic E-state index is 6.57. The molecule has 2 aromatic heterocycles. The van der Waals surface area contributed by atoms with E-state index in [1.165, 1.54) is 27.5 Å². The van der Waals surface area contributed by atoms with Gasteiger partial charge < -0.3 is 5.32 Å². The van der Waals surface area contributed by atoms with Crippen molar-refractivity contribution in [2.75, 3.05) is 11.9 Å². The molecule has 236 valence electrons. The molecule has 0 fully saturated rings. The van der Waals surface area contributed by atoms with Gasteiger partial charge in [0.1, 0.15) is 0 Å². The molecule has 2 heterocycles. The highest BCUT2D eigenvalue weighted by atomic mass is 35.5. The van der Waals surface area contributed by atoms with Crippen molar-refractivity contribution in [2.24, 2.45) is 10.8 Å². The molecule has 0 aliphatic heterocycles. The lowest BCUT2D eigenvalue weighted by Crippen LogP contribution is -2.27. The molecule has 1 N–H and O–H groups in total. The molecule has 1 unspecified atom stereocenters. The van der Waals surface area contributed by atoms with Crippen molar-refractivity contribution in [3.8, 4) is 5.95 Å². The fourth-order valence-electron chi connectivity index (χ4n) is 5.64. The molecule has 0 aliphatic rings. The summed E-state index contributed by atoms with van der Waals surface area (Å²) < 4.78 is 2.12. The summed E-state index contributed by atoms with van der Waals surface area (Å²) in [4.78, 5) is 14.0. The molecule has 0 bridgehead atoms. The second kappa shape index (κ2) is 12.3. The molecule has 5 nitrogen and oxygen atoms in total. The van der Waals surface area contributed by atoms with E-state index in [-0.39, 0.29) is 26.9 Å². The fraction of sp³-hybridized carbons (Fsp3) is 0.500. The van der Waals surface area contributed by atoms with Crippen LogP contribution in [-0.4, -0.2) is 26.1 Å². The average molecular weight is 614 g/mol. The van der Waals surface area contributed by atoms with Crippen LogP contribution in [0, 0.1) is 10.8 Å².